The van der Waals surface area contributed by atoms with Crippen molar-refractivity contribution in [3.05, 3.63) is 28.2 Å². The lowest BCUT2D eigenvalue weighted by Crippen LogP contribution is -2.16. The first-order valence-electron chi connectivity index (χ1n) is 3.99. The van der Waals surface area contributed by atoms with E-state index in [1.165, 1.54) is 5.56 Å². The maximum absolute atomic E-state index is 5.54. The first kappa shape index (κ1) is 10.8. The number of hydrogen-bond donors (Lipinski definition) is 1. The van der Waals surface area contributed by atoms with Gasteiger partial charge in [0.25, 0.3) is 0 Å². The minimum Gasteiger partial charge on any atom is -0.492 e. The molecule has 1 aromatic rings. The van der Waals surface area contributed by atoms with E-state index in [-0.39, 0.29) is 12.4 Å². The SMILES string of the molecule is Brc1cccc2c1CNCCO2.Cl. The number of fused-ring (bicyclic) bond motifs is 1. The van der Waals surface area contributed by atoms with E-state index in [0.717, 1.165) is 29.9 Å². The molecule has 0 spiro atoms. The summed E-state index contributed by atoms with van der Waals surface area (Å²) in [6, 6.07) is 6.04. The molecule has 2 rings (SSSR count). The summed E-state index contributed by atoms with van der Waals surface area (Å²) in [7, 11) is 0. The van der Waals surface area contributed by atoms with Gasteiger partial charge in [-0.25, -0.2) is 0 Å². The topological polar surface area (TPSA) is 21.3 Å². The van der Waals surface area contributed by atoms with Crippen LogP contribution in [-0.4, -0.2) is 13.2 Å². The van der Waals surface area contributed by atoms with Crippen LogP contribution in [0.1, 0.15) is 5.56 Å². The van der Waals surface area contributed by atoms with Crippen molar-refractivity contribution in [2.24, 2.45) is 0 Å². The minimum atomic E-state index is 0. The van der Waals surface area contributed by atoms with Gasteiger partial charge < -0.3 is 10.1 Å². The van der Waals surface area contributed by atoms with E-state index in [1.54, 1.807) is 0 Å². The van der Waals surface area contributed by atoms with Crippen molar-refractivity contribution in [3.8, 4) is 5.75 Å². The van der Waals surface area contributed by atoms with Crippen LogP contribution < -0.4 is 10.1 Å². The molecule has 0 fully saturated rings. The summed E-state index contributed by atoms with van der Waals surface area (Å²) >= 11 is 3.50. The van der Waals surface area contributed by atoms with E-state index in [9.17, 15) is 0 Å². The Hall–Kier alpha value is -0.250. The average molecular weight is 265 g/mol. The van der Waals surface area contributed by atoms with Gasteiger partial charge in [-0.15, -0.1) is 12.4 Å². The summed E-state index contributed by atoms with van der Waals surface area (Å²) in [5, 5.41) is 3.29. The Bertz CT molecular complexity index is 293. The van der Waals surface area contributed by atoms with Crippen molar-refractivity contribution in [2.45, 2.75) is 6.54 Å². The summed E-state index contributed by atoms with van der Waals surface area (Å²) in [6.45, 7) is 2.56. The average Bonchev–Trinajstić information content (AvgIpc) is 2.30. The van der Waals surface area contributed by atoms with Gasteiger partial charge in [0.1, 0.15) is 12.4 Å². The maximum Gasteiger partial charge on any atom is 0.124 e. The third-order valence-corrected chi connectivity index (χ3v) is 2.66. The van der Waals surface area contributed by atoms with Crippen LogP contribution >= 0.6 is 28.3 Å². The summed E-state index contributed by atoms with van der Waals surface area (Å²) in [4.78, 5) is 0. The molecule has 0 unspecified atom stereocenters. The lowest BCUT2D eigenvalue weighted by molar-refractivity contribution is 0.325. The quantitative estimate of drug-likeness (QED) is 0.777. The van der Waals surface area contributed by atoms with Crippen molar-refractivity contribution in [2.75, 3.05) is 13.2 Å². The Kier molecular flexibility index (Phi) is 4.03. The highest BCUT2D eigenvalue weighted by atomic mass is 79.9. The monoisotopic (exact) mass is 263 g/mol. The van der Waals surface area contributed by atoms with Gasteiger partial charge in [-0.3, -0.25) is 0 Å². The molecule has 0 saturated carbocycles. The summed E-state index contributed by atoms with van der Waals surface area (Å²) in [6.07, 6.45) is 0. The molecular weight excluding hydrogens is 253 g/mol. The Morgan fingerprint density at radius 3 is 3.08 bits per heavy atom. The van der Waals surface area contributed by atoms with E-state index < -0.39 is 0 Å². The van der Waals surface area contributed by atoms with Crippen molar-refractivity contribution < 1.29 is 4.74 Å². The van der Waals surface area contributed by atoms with E-state index in [0.29, 0.717) is 0 Å². The van der Waals surface area contributed by atoms with Crippen LogP contribution in [0, 0.1) is 0 Å². The second-order valence-electron chi connectivity index (χ2n) is 2.74. The Balaban J connectivity index is 0.000000845. The number of halogens is 2. The molecule has 1 heterocycles. The highest BCUT2D eigenvalue weighted by Gasteiger charge is 2.09. The molecule has 72 valence electrons. The first-order valence-corrected chi connectivity index (χ1v) is 4.78. The van der Waals surface area contributed by atoms with Crippen molar-refractivity contribution in [1.82, 2.24) is 5.32 Å². The smallest absolute Gasteiger partial charge is 0.124 e. The van der Waals surface area contributed by atoms with E-state index in [1.807, 2.05) is 18.2 Å². The van der Waals surface area contributed by atoms with Gasteiger partial charge in [-0.2, -0.15) is 0 Å². The highest BCUT2D eigenvalue weighted by molar-refractivity contribution is 9.10. The molecule has 4 heteroatoms. The maximum atomic E-state index is 5.54. The van der Waals surface area contributed by atoms with Crippen LogP contribution in [-0.2, 0) is 6.54 Å². The zero-order valence-corrected chi connectivity index (χ0v) is 9.45. The molecule has 1 N–H and O–H groups in total. The summed E-state index contributed by atoms with van der Waals surface area (Å²) < 4.78 is 6.66. The molecule has 1 aromatic carbocycles. The lowest BCUT2D eigenvalue weighted by Gasteiger charge is -2.06. The zero-order chi connectivity index (χ0) is 8.39. The van der Waals surface area contributed by atoms with Gasteiger partial charge in [-0.1, -0.05) is 22.0 Å². The van der Waals surface area contributed by atoms with Crippen LogP contribution in [0.5, 0.6) is 5.75 Å². The Morgan fingerprint density at radius 1 is 1.38 bits per heavy atom. The standard InChI is InChI=1S/C9H10BrNO.ClH/c10-8-2-1-3-9-7(8)6-11-4-5-12-9;/h1-3,11H,4-6H2;1H. The zero-order valence-electron chi connectivity index (χ0n) is 7.05. The number of hydrogen-bond acceptors (Lipinski definition) is 2. The third kappa shape index (κ3) is 2.36. The van der Waals surface area contributed by atoms with Gasteiger partial charge in [0.2, 0.25) is 0 Å². The fourth-order valence-corrected chi connectivity index (χ4v) is 1.78. The van der Waals surface area contributed by atoms with Gasteiger partial charge in [-0.05, 0) is 12.1 Å². The number of nitrogens with one attached hydrogen (secondary N) is 1. The predicted octanol–water partition coefficient (Wildman–Crippen LogP) is 2.35. The second-order valence-corrected chi connectivity index (χ2v) is 3.60. The molecule has 1 aliphatic heterocycles. The molecule has 0 bridgehead atoms. The number of ether oxygens (including phenoxy) is 1. The van der Waals surface area contributed by atoms with Crippen LogP contribution in [0.25, 0.3) is 0 Å². The fourth-order valence-electron chi connectivity index (χ4n) is 1.29. The number of benzene rings is 1. The van der Waals surface area contributed by atoms with Gasteiger partial charge in [0.15, 0.2) is 0 Å². The van der Waals surface area contributed by atoms with Crippen LogP contribution in [0.15, 0.2) is 22.7 Å². The Morgan fingerprint density at radius 2 is 2.23 bits per heavy atom. The molecule has 0 amide bonds. The van der Waals surface area contributed by atoms with Crippen LogP contribution in [0.4, 0.5) is 0 Å². The van der Waals surface area contributed by atoms with E-state index in [2.05, 4.69) is 21.2 Å². The van der Waals surface area contributed by atoms with Gasteiger partial charge >= 0.3 is 0 Å². The predicted molar refractivity (Wildman–Crippen MR) is 58.6 cm³/mol. The van der Waals surface area contributed by atoms with Crippen LogP contribution in [0.2, 0.25) is 0 Å². The highest BCUT2D eigenvalue weighted by Crippen LogP contribution is 2.27. The van der Waals surface area contributed by atoms with Crippen LogP contribution in [0.3, 0.4) is 0 Å². The van der Waals surface area contributed by atoms with Gasteiger partial charge in [0, 0.05) is 23.1 Å². The summed E-state index contributed by atoms with van der Waals surface area (Å²) in [5.74, 6) is 0.995. The fraction of sp³-hybridized carbons (Fsp3) is 0.333. The molecule has 0 atom stereocenters. The largest absolute Gasteiger partial charge is 0.492 e. The van der Waals surface area contributed by atoms with Crippen molar-refractivity contribution in [3.63, 3.8) is 0 Å². The normalized spacial score (nSPS) is 14.8. The molecule has 0 radical (unpaired) electrons. The lowest BCUT2D eigenvalue weighted by atomic mass is 10.2. The van der Waals surface area contributed by atoms with Crippen molar-refractivity contribution >= 4 is 28.3 Å². The second kappa shape index (κ2) is 4.84. The Labute approximate surface area is 92.2 Å². The van der Waals surface area contributed by atoms with E-state index >= 15 is 0 Å². The number of rotatable bonds is 0. The third-order valence-electron chi connectivity index (χ3n) is 1.91. The van der Waals surface area contributed by atoms with Crippen molar-refractivity contribution in [1.29, 1.82) is 0 Å². The molecule has 1 aliphatic rings. The molecule has 0 aromatic heterocycles. The molecule has 0 aliphatic carbocycles. The molecule has 2 nitrogen and oxygen atoms in total. The molecule has 0 saturated heterocycles. The van der Waals surface area contributed by atoms with Gasteiger partial charge in [0.05, 0.1) is 0 Å². The summed E-state index contributed by atoms with van der Waals surface area (Å²) in [5.41, 5.74) is 1.22. The molecular formula is C9H11BrClNO. The minimum absolute atomic E-state index is 0. The van der Waals surface area contributed by atoms with E-state index in [4.69, 9.17) is 4.74 Å². The molecule has 13 heavy (non-hydrogen) atoms. The first-order chi connectivity index (χ1) is 5.88.